The molecule has 5 rings (SSSR count). The van der Waals surface area contributed by atoms with Gasteiger partial charge in [0.05, 0.1) is 23.6 Å². The molecular weight excluding hydrogens is 416 g/mol. The molecule has 0 radical (unpaired) electrons. The number of rotatable bonds is 5. The number of nitrogen functional groups attached to an aromatic ring is 1. The number of nitrogens with one attached hydrogen (secondary N) is 2. The van der Waals surface area contributed by atoms with E-state index in [2.05, 4.69) is 15.6 Å². The van der Waals surface area contributed by atoms with E-state index in [-0.39, 0.29) is 18.6 Å². The average Bonchev–Trinajstić information content (AvgIpc) is 3.27. The lowest BCUT2D eigenvalue weighted by molar-refractivity contribution is 0.102. The predicted octanol–water partition coefficient (Wildman–Crippen LogP) is 3.35. The summed E-state index contributed by atoms with van der Waals surface area (Å²) in [7, 11) is 0. The van der Waals surface area contributed by atoms with E-state index in [1.807, 2.05) is 47.1 Å². The first-order valence-corrected chi connectivity index (χ1v) is 11.1. The van der Waals surface area contributed by atoms with Crippen molar-refractivity contribution in [3.05, 3.63) is 71.9 Å². The highest BCUT2D eigenvalue weighted by Gasteiger charge is 2.24. The summed E-state index contributed by atoms with van der Waals surface area (Å²) in [6.07, 6.45) is 3.67. The molecule has 3 heterocycles. The first-order chi connectivity index (χ1) is 16.2. The Labute approximate surface area is 191 Å². The highest BCUT2D eigenvalue weighted by atomic mass is 16.3. The third-order valence-electron chi connectivity index (χ3n) is 6.07. The number of nitrogens with two attached hydrogens (primary N) is 1. The Bertz CT molecular complexity index is 1280. The van der Waals surface area contributed by atoms with Crippen LogP contribution in [0.15, 0.2) is 60.8 Å². The van der Waals surface area contributed by atoms with Crippen LogP contribution < -0.4 is 16.4 Å². The SMILES string of the molecule is Nc1ncc(CO)c2c1c(-c1ccc(C(=O)Nc3ccccc3)cc1)nn2[C@@H]1CCCNC1. The van der Waals surface area contributed by atoms with Gasteiger partial charge in [-0.3, -0.25) is 9.48 Å². The summed E-state index contributed by atoms with van der Waals surface area (Å²) < 4.78 is 1.98. The van der Waals surface area contributed by atoms with E-state index in [0.29, 0.717) is 22.6 Å². The van der Waals surface area contributed by atoms with Crippen molar-refractivity contribution in [2.75, 3.05) is 24.1 Å². The number of carbonyl (C=O) groups excluding carboxylic acids is 1. The molecule has 4 aromatic rings. The van der Waals surface area contributed by atoms with Gasteiger partial charge in [-0.2, -0.15) is 5.10 Å². The highest BCUT2D eigenvalue weighted by molar-refractivity contribution is 6.05. The molecule has 0 unspecified atom stereocenters. The summed E-state index contributed by atoms with van der Waals surface area (Å²) in [6.45, 7) is 1.65. The van der Waals surface area contributed by atoms with Crippen molar-refractivity contribution in [3.8, 4) is 11.3 Å². The van der Waals surface area contributed by atoms with Gasteiger partial charge in [0.2, 0.25) is 0 Å². The number of nitrogens with zero attached hydrogens (tertiary/aromatic N) is 3. The van der Waals surface area contributed by atoms with E-state index in [4.69, 9.17) is 10.8 Å². The van der Waals surface area contributed by atoms with Crippen LogP contribution in [0.3, 0.4) is 0 Å². The second-order valence-corrected chi connectivity index (χ2v) is 8.24. The minimum atomic E-state index is -0.180. The lowest BCUT2D eigenvalue weighted by Gasteiger charge is -2.24. The van der Waals surface area contributed by atoms with Gasteiger partial charge >= 0.3 is 0 Å². The molecule has 0 saturated carbocycles. The van der Waals surface area contributed by atoms with Crippen molar-refractivity contribution in [3.63, 3.8) is 0 Å². The van der Waals surface area contributed by atoms with E-state index >= 15 is 0 Å². The van der Waals surface area contributed by atoms with Crippen molar-refractivity contribution in [1.82, 2.24) is 20.1 Å². The summed E-state index contributed by atoms with van der Waals surface area (Å²) in [5.41, 5.74) is 10.6. The van der Waals surface area contributed by atoms with Gasteiger partial charge in [-0.1, -0.05) is 30.3 Å². The first-order valence-electron chi connectivity index (χ1n) is 11.1. The molecule has 8 nitrogen and oxygen atoms in total. The number of aromatic nitrogens is 3. The second kappa shape index (κ2) is 9.01. The Kier molecular flexibility index (Phi) is 5.77. The van der Waals surface area contributed by atoms with E-state index in [0.717, 1.165) is 48.1 Å². The predicted molar refractivity (Wildman–Crippen MR) is 129 cm³/mol. The molecule has 168 valence electrons. The topological polar surface area (TPSA) is 118 Å². The molecular formula is C25H26N6O2. The molecule has 1 aliphatic rings. The van der Waals surface area contributed by atoms with Gasteiger partial charge in [-0.25, -0.2) is 4.98 Å². The number of carbonyl (C=O) groups is 1. The molecule has 2 aromatic carbocycles. The fraction of sp³-hybridized carbons (Fsp3) is 0.240. The molecule has 1 fully saturated rings. The van der Waals surface area contributed by atoms with E-state index in [1.54, 1.807) is 18.3 Å². The Morgan fingerprint density at radius 2 is 1.97 bits per heavy atom. The number of aliphatic hydroxyl groups is 1. The third-order valence-corrected chi connectivity index (χ3v) is 6.07. The van der Waals surface area contributed by atoms with Gasteiger partial charge < -0.3 is 21.5 Å². The number of fused-ring (bicyclic) bond motifs is 1. The van der Waals surface area contributed by atoms with Gasteiger partial charge in [0.25, 0.3) is 5.91 Å². The first kappa shape index (κ1) is 21.1. The Morgan fingerprint density at radius 1 is 1.18 bits per heavy atom. The third kappa shape index (κ3) is 4.06. The number of amides is 1. The lowest BCUT2D eigenvalue weighted by Crippen LogP contribution is -2.32. The van der Waals surface area contributed by atoms with Crippen LogP contribution in [0.1, 0.15) is 34.8 Å². The molecule has 0 spiro atoms. The van der Waals surface area contributed by atoms with Gasteiger partial charge in [0.15, 0.2) is 0 Å². The standard InChI is InChI=1S/C25H26N6O2/c26-24-21-22(16-8-10-17(11-9-16)25(33)29-19-5-2-1-3-6-19)30-31(20-7-4-12-27-14-20)23(21)18(15-32)13-28-24/h1-3,5-6,8-11,13,20,27,32H,4,7,12,14-15H2,(H2,26,28)(H,29,33)/t20-/m1/s1. The van der Waals surface area contributed by atoms with Gasteiger partial charge in [-0.15, -0.1) is 0 Å². The number of para-hydroxylation sites is 1. The normalized spacial score (nSPS) is 16.1. The van der Waals surface area contributed by atoms with E-state index < -0.39 is 0 Å². The maximum absolute atomic E-state index is 12.6. The summed E-state index contributed by atoms with van der Waals surface area (Å²) in [4.78, 5) is 16.9. The number of aliphatic hydroxyl groups excluding tert-OH is 1. The zero-order valence-electron chi connectivity index (χ0n) is 18.2. The van der Waals surface area contributed by atoms with Crippen molar-refractivity contribution in [2.45, 2.75) is 25.5 Å². The molecule has 1 saturated heterocycles. The zero-order chi connectivity index (χ0) is 22.8. The zero-order valence-corrected chi connectivity index (χ0v) is 18.2. The summed E-state index contributed by atoms with van der Waals surface area (Å²) in [5, 5.41) is 22.0. The highest BCUT2D eigenvalue weighted by Crippen LogP contribution is 2.36. The number of benzene rings is 2. The van der Waals surface area contributed by atoms with Gasteiger partial charge in [0.1, 0.15) is 11.5 Å². The molecule has 33 heavy (non-hydrogen) atoms. The number of pyridine rings is 1. The summed E-state index contributed by atoms with van der Waals surface area (Å²) >= 11 is 0. The number of anilines is 2. The number of piperidine rings is 1. The Morgan fingerprint density at radius 3 is 2.67 bits per heavy atom. The largest absolute Gasteiger partial charge is 0.392 e. The summed E-state index contributed by atoms with van der Waals surface area (Å²) in [6, 6.07) is 16.8. The van der Waals surface area contributed by atoms with Crippen LogP contribution in [0.25, 0.3) is 22.2 Å². The molecule has 0 aliphatic carbocycles. The maximum Gasteiger partial charge on any atom is 0.255 e. The van der Waals surface area contributed by atoms with Crippen LogP contribution in [0.2, 0.25) is 0 Å². The maximum atomic E-state index is 12.6. The van der Waals surface area contributed by atoms with Crippen molar-refractivity contribution in [2.24, 2.45) is 0 Å². The van der Waals surface area contributed by atoms with Crippen LogP contribution in [0.4, 0.5) is 11.5 Å². The van der Waals surface area contributed by atoms with E-state index in [1.165, 1.54) is 0 Å². The van der Waals surface area contributed by atoms with Crippen molar-refractivity contribution in [1.29, 1.82) is 0 Å². The van der Waals surface area contributed by atoms with Crippen LogP contribution in [-0.2, 0) is 6.61 Å². The molecule has 2 aromatic heterocycles. The monoisotopic (exact) mass is 442 g/mol. The molecule has 1 amide bonds. The Hall–Kier alpha value is -3.75. The summed E-state index contributed by atoms with van der Waals surface area (Å²) in [5.74, 6) is 0.193. The second-order valence-electron chi connectivity index (χ2n) is 8.24. The van der Waals surface area contributed by atoms with Crippen LogP contribution in [0.5, 0.6) is 0 Å². The number of hydrogen-bond donors (Lipinski definition) is 4. The fourth-order valence-electron chi connectivity index (χ4n) is 4.39. The minimum Gasteiger partial charge on any atom is -0.392 e. The van der Waals surface area contributed by atoms with Crippen molar-refractivity contribution >= 4 is 28.3 Å². The molecule has 8 heteroatoms. The molecule has 5 N–H and O–H groups in total. The molecule has 1 aliphatic heterocycles. The Balaban J connectivity index is 1.53. The van der Waals surface area contributed by atoms with Crippen LogP contribution in [0, 0.1) is 0 Å². The smallest absolute Gasteiger partial charge is 0.255 e. The van der Waals surface area contributed by atoms with Crippen LogP contribution in [-0.4, -0.2) is 38.9 Å². The molecule has 1 atom stereocenters. The lowest BCUT2D eigenvalue weighted by atomic mass is 10.0. The average molecular weight is 443 g/mol. The van der Waals surface area contributed by atoms with Gasteiger partial charge in [-0.05, 0) is 43.7 Å². The fourth-order valence-corrected chi connectivity index (χ4v) is 4.39. The van der Waals surface area contributed by atoms with Crippen LogP contribution >= 0.6 is 0 Å². The number of hydrogen-bond acceptors (Lipinski definition) is 6. The quantitative estimate of drug-likeness (QED) is 0.376. The molecule has 0 bridgehead atoms. The minimum absolute atomic E-state index is 0.145. The van der Waals surface area contributed by atoms with E-state index in [9.17, 15) is 9.90 Å². The van der Waals surface area contributed by atoms with Crippen molar-refractivity contribution < 1.29 is 9.90 Å². The van der Waals surface area contributed by atoms with Gasteiger partial charge in [0, 0.05) is 35.1 Å².